The van der Waals surface area contributed by atoms with Crippen molar-refractivity contribution in [2.45, 2.75) is 40.2 Å². The molecule has 0 spiro atoms. The maximum atomic E-state index is 12.1. The molecule has 1 aromatic carbocycles. The van der Waals surface area contributed by atoms with Gasteiger partial charge in [-0.3, -0.25) is 0 Å². The van der Waals surface area contributed by atoms with Crippen LogP contribution in [0.1, 0.15) is 45.7 Å². The zero-order valence-corrected chi connectivity index (χ0v) is 13.5. The van der Waals surface area contributed by atoms with E-state index >= 15 is 0 Å². The molecule has 0 saturated heterocycles. The monoisotopic (exact) mass is 293 g/mol. The van der Waals surface area contributed by atoms with Gasteiger partial charge in [0.15, 0.2) is 0 Å². The van der Waals surface area contributed by atoms with Crippen LogP contribution in [0.4, 0.5) is 0 Å². The first-order valence-electron chi connectivity index (χ1n) is 7.71. The number of esters is 1. The number of hydrogen-bond acceptors (Lipinski definition) is 4. The minimum atomic E-state index is -0.424. The van der Waals surface area contributed by atoms with E-state index in [-0.39, 0.29) is 5.97 Å². The zero-order chi connectivity index (χ0) is 15.7. The number of carbonyl (C=O) groups is 1. The summed E-state index contributed by atoms with van der Waals surface area (Å²) in [5.41, 5.74) is 0.901. The van der Waals surface area contributed by atoms with Gasteiger partial charge in [0.1, 0.15) is 11.8 Å². The highest BCUT2D eigenvalue weighted by Gasteiger charge is 2.21. The third-order valence-corrected chi connectivity index (χ3v) is 2.94. The predicted octanol–water partition coefficient (Wildman–Crippen LogP) is 3.33. The Bertz CT molecular complexity index is 415. The molecule has 118 valence electrons. The van der Waals surface area contributed by atoms with Gasteiger partial charge in [-0.15, -0.1) is 0 Å². The Morgan fingerprint density at radius 2 is 1.86 bits per heavy atom. The van der Waals surface area contributed by atoms with E-state index in [0.717, 1.165) is 24.3 Å². The lowest BCUT2D eigenvalue weighted by Gasteiger charge is -2.19. The van der Waals surface area contributed by atoms with Crippen molar-refractivity contribution in [1.82, 2.24) is 5.32 Å². The van der Waals surface area contributed by atoms with Crippen LogP contribution < -0.4 is 10.1 Å². The van der Waals surface area contributed by atoms with E-state index in [2.05, 4.69) is 26.1 Å². The molecule has 1 unspecified atom stereocenters. The Morgan fingerprint density at radius 3 is 2.38 bits per heavy atom. The second kappa shape index (κ2) is 9.40. The quantitative estimate of drug-likeness (QED) is 0.710. The number of ether oxygens (including phenoxy) is 2. The van der Waals surface area contributed by atoms with Crippen LogP contribution in [0.3, 0.4) is 0 Å². The van der Waals surface area contributed by atoms with E-state index in [1.165, 1.54) is 0 Å². The Kier molecular flexibility index (Phi) is 7.83. The fraction of sp³-hybridized carbons (Fsp3) is 0.588. The number of benzene rings is 1. The predicted molar refractivity (Wildman–Crippen MR) is 84.4 cm³/mol. The van der Waals surface area contributed by atoms with Gasteiger partial charge in [-0.25, -0.2) is 4.79 Å². The van der Waals surface area contributed by atoms with Crippen LogP contribution in [0.5, 0.6) is 5.75 Å². The molecule has 0 heterocycles. The second-order valence-corrected chi connectivity index (χ2v) is 5.40. The summed E-state index contributed by atoms with van der Waals surface area (Å²) in [5.74, 6) is 1.06. The van der Waals surface area contributed by atoms with Gasteiger partial charge in [0.05, 0.1) is 13.2 Å². The summed E-state index contributed by atoms with van der Waals surface area (Å²) >= 11 is 0. The summed E-state index contributed by atoms with van der Waals surface area (Å²) in [6.07, 6.45) is 0.975. The van der Waals surface area contributed by atoms with Crippen molar-refractivity contribution in [3.05, 3.63) is 29.8 Å². The van der Waals surface area contributed by atoms with Gasteiger partial charge in [0.2, 0.25) is 0 Å². The third-order valence-electron chi connectivity index (χ3n) is 2.94. The van der Waals surface area contributed by atoms with Crippen molar-refractivity contribution in [3.8, 4) is 5.75 Å². The average molecular weight is 293 g/mol. The van der Waals surface area contributed by atoms with E-state index in [1.807, 2.05) is 31.2 Å². The molecule has 0 radical (unpaired) electrons. The van der Waals surface area contributed by atoms with Crippen LogP contribution in [0.25, 0.3) is 0 Å². The maximum absolute atomic E-state index is 12.1. The SMILES string of the molecule is CCCOc1ccc(C(NCC(C)C)C(=O)OCC)cc1. The van der Waals surface area contributed by atoms with Gasteiger partial charge in [-0.1, -0.05) is 32.9 Å². The molecule has 4 nitrogen and oxygen atoms in total. The summed E-state index contributed by atoms with van der Waals surface area (Å²) in [6, 6.07) is 7.20. The molecular formula is C17H27NO3. The van der Waals surface area contributed by atoms with Crippen LogP contribution in [0.15, 0.2) is 24.3 Å². The maximum Gasteiger partial charge on any atom is 0.327 e. The normalized spacial score (nSPS) is 12.2. The molecule has 0 aliphatic rings. The van der Waals surface area contributed by atoms with Crippen molar-refractivity contribution in [3.63, 3.8) is 0 Å². The molecule has 0 aromatic heterocycles. The molecule has 1 rings (SSSR count). The summed E-state index contributed by atoms with van der Waals surface area (Å²) in [6.45, 7) is 9.95. The largest absolute Gasteiger partial charge is 0.494 e. The van der Waals surface area contributed by atoms with E-state index in [4.69, 9.17) is 9.47 Å². The summed E-state index contributed by atoms with van der Waals surface area (Å²) < 4.78 is 10.7. The van der Waals surface area contributed by atoms with Gasteiger partial charge in [0.25, 0.3) is 0 Å². The van der Waals surface area contributed by atoms with E-state index < -0.39 is 6.04 Å². The van der Waals surface area contributed by atoms with Crippen molar-refractivity contribution in [2.24, 2.45) is 5.92 Å². The van der Waals surface area contributed by atoms with Crippen molar-refractivity contribution in [1.29, 1.82) is 0 Å². The highest BCUT2D eigenvalue weighted by molar-refractivity contribution is 5.77. The van der Waals surface area contributed by atoms with Gasteiger partial charge >= 0.3 is 5.97 Å². The Labute approximate surface area is 127 Å². The molecule has 0 amide bonds. The third kappa shape index (κ3) is 6.17. The standard InChI is InChI=1S/C17H27NO3/c1-5-11-21-15-9-7-14(8-10-15)16(17(19)20-6-2)18-12-13(3)4/h7-10,13,16,18H,5-6,11-12H2,1-4H3. The molecule has 1 aromatic rings. The topological polar surface area (TPSA) is 47.6 Å². The fourth-order valence-electron chi connectivity index (χ4n) is 1.89. The molecule has 1 atom stereocenters. The Morgan fingerprint density at radius 1 is 1.19 bits per heavy atom. The van der Waals surface area contributed by atoms with Gasteiger partial charge in [-0.2, -0.15) is 0 Å². The molecule has 0 bridgehead atoms. The highest BCUT2D eigenvalue weighted by atomic mass is 16.5. The van der Waals surface area contributed by atoms with Gasteiger partial charge in [-0.05, 0) is 43.5 Å². The molecule has 0 fully saturated rings. The molecule has 0 aliphatic carbocycles. The van der Waals surface area contributed by atoms with Crippen molar-refractivity contribution >= 4 is 5.97 Å². The summed E-state index contributed by atoms with van der Waals surface area (Å²) in [5, 5.41) is 3.27. The van der Waals surface area contributed by atoms with Crippen LogP contribution in [0.2, 0.25) is 0 Å². The van der Waals surface area contributed by atoms with Gasteiger partial charge in [0, 0.05) is 0 Å². The Balaban J connectivity index is 2.78. The van der Waals surface area contributed by atoms with Crippen molar-refractivity contribution < 1.29 is 14.3 Å². The van der Waals surface area contributed by atoms with Crippen LogP contribution in [0, 0.1) is 5.92 Å². The summed E-state index contributed by atoms with van der Waals surface area (Å²) in [7, 11) is 0. The smallest absolute Gasteiger partial charge is 0.327 e. The van der Waals surface area contributed by atoms with Crippen molar-refractivity contribution in [2.75, 3.05) is 19.8 Å². The lowest BCUT2D eigenvalue weighted by molar-refractivity contribution is -0.145. The number of rotatable bonds is 9. The average Bonchev–Trinajstić information content (AvgIpc) is 2.46. The molecule has 0 saturated carbocycles. The molecule has 1 N–H and O–H groups in total. The molecule has 0 aliphatic heterocycles. The fourth-order valence-corrected chi connectivity index (χ4v) is 1.89. The molecule has 4 heteroatoms. The first-order chi connectivity index (χ1) is 10.1. The lowest BCUT2D eigenvalue weighted by Crippen LogP contribution is -2.32. The number of nitrogens with one attached hydrogen (secondary N) is 1. The molecular weight excluding hydrogens is 266 g/mol. The minimum Gasteiger partial charge on any atom is -0.494 e. The number of carbonyl (C=O) groups excluding carboxylic acids is 1. The van der Waals surface area contributed by atoms with Crippen LogP contribution >= 0.6 is 0 Å². The Hall–Kier alpha value is -1.55. The first-order valence-corrected chi connectivity index (χ1v) is 7.71. The second-order valence-electron chi connectivity index (χ2n) is 5.40. The van der Waals surface area contributed by atoms with Gasteiger partial charge < -0.3 is 14.8 Å². The first kappa shape index (κ1) is 17.5. The van der Waals surface area contributed by atoms with Crippen LogP contribution in [-0.2, 0) is 9.53 Å². The molecule has 21 heavy (non-hydrogen) atoms. The number of hydrogen-bond donors (Lipinski definition) is 1. The highest BCUT2D eigenvalue weighted by Crippen LogP contribution is 2.19. The van der Waals surface area contributed by atoms with E-state index in [0.29, 0.717) is 19.1 Å². The zero-order valence-electron chi connectivity index (χ0n) is 13.5. The lowest BCUT2D eigenvalue weighted by atomic mass is 10.1. The summed E-state index contributed by atoms with van der Waals surface area (Å²) in [4.78, 5) is 12.1. The minimum absolute atomic E-state index is 0.236. The van der Waals surface area contributed by atoms with E-state index in [9.17, 15) is 4.79 Å². The van der Waals surface area contributed by atoms with Crippen LogP contribution in [-0.4, -0.2) is 25.7 Å². The van der Waals surface area contributed by atoms with E-state index in [1.54, 1.807) is 0 Å².